The molecule has 2 rings (SSSR count). The smallest absolute Gasteiger partial charge is 0.261 e. The minimum atomic E-state index is -0.615. The highest BCUT2D eigenvalue weighted by Gasteiger charge is 2.26. The van der Waals surface area contributed by atoms with E-state index in [1.54, 1.807) is 24.0 Å². The quantitative estimate of drug-likeness (QED) is 0.585. The lowest BCUT2D eigenvalue weighted by atomic mass is 10.1. The molecule has 5 nitrogen and oxygen atoms in total. The van der Waals surface area contributed by atoms with Crippen molar-refractivity contribution in [2.24, 2.45) is 0 Å². The van der Waals surface area contributed by atoms with Crippen molar-refractivity contribution in [1.29, 1.82) is 0 Å². The standard InChI is InChI=1S/C23H29ClN2O3/c1-4-5-13-25-23(28)18(3)26(15-19-9-11-20(24)12-10-19)22(27)16-29-21-8-6-7-17(2)14-21/h6-12,14,18H,4-5,13,15-16H2,1-3H3,(H,25,28)/t18-/m1/s1. The van der Waals surface area contributed by atoms with Crippen molar-refractivity contribution in [3.8, 4) is 5.75 Å². The maximum atomic E-state index is 12.9. The molecule has 0 saturated heterocycles. The fraction of sp³-hybridized carbons (Fsp3) is 0.391. The van der Waals surface area contributed by atoms with Crippen LogP contribution < -0.4 is 10.1 Å². The lowest BCUT2D eigenvalue weighted by Gasteiger charge is -2.28. The summed E-state index contributed by atoms with van der Waals surface area (Å²) in [5, 5.41) is 3.52. The number of amides is 2. The molecule has 1 N–H and O–H groups in total. The second-order valence-electron chi connectivity index (χ2n) is 7.07. The van der Waals surface area contributed by atoms with Crippen molar-refractivity contribution < 1.29 is 14.3 Å². The Hall–Kier alpha value is -2.53. The van der Waals surface area contributed by atoms with Crippen LogP contribution in [0.1, 0.15) is 37.8 Å². The van der Waals surface area contributed by atoms with Gasteiger partial charge in [-0.05, 0) is 55.7 Å². The summed E-state index contributed by atoms with van der Waals surface area (Å²) in [5.74, 6) is 0.209. The molecule has 0 saturated carbocycles. The van der Waals surface area contributed by atoms with Crippen LogP contribution in [0.5, 0.6) is 5.75 Å². The number of nitrogens with one attached hydrogen (secondary N) is 1. The van der Waals surface area contributed by atoms with Gasteiger partial charge >= 0.3 is 0 Å². The number of halogens is 1. The molecule has 0 unspecified atom stereocenters. The van der Waals surface area contributed by atoms with Gasteiger partial charge in [0.25, 0.3) is 5.91 Å². The number of unbranched alkanes of at least 4 members (excludes halogenated alkanes) is 1. The first-order valence-corrected chi connectivity index (χ1v) is 10.3. The Bertz CT molecular complexity index is 808. The van der Waals surface area contributed by atoms with Crippen LogP contribution in [0.25, 0.3) is 0 Å². The van der Waals surface area contributed by atoms with Gasteiger partial charge in [0.1, 0.15) is 11.8 Å². The molecule has 0 bridgehead atoms. The predicted molar refractivity (Wildman–Crippen MR) is 116 cm³/mol. The lowest BCUT2D eigenvalue weighted by molar-refractivity contribution is -0.142. The molecule has 0 heterocycles. The van der Waals surface area contributed by atoms with Crippen LogP contribution in [0, 0.1) is 6.92 Å². The summed E-state index contributed by atoms with van der Waals surface area (Å²) in [5.41, 5.74) is 1.95. The molecule has 29 heavy (non-hydrogen) atoms. The van der Waals surface area contributed by atoms with Crippen molar-refractivity contribution >= 4 is 23.4 Å². The van der Waals surface area contributed by atoms with Crippen molar-refractivity contribution in [3.63, 3.8) is 0 Å². The Balaban J connectivity index is 2.10. The van der Waals surface area contributed by atoms with Crippen molar-refractivity contribution in [2.45, 2.75) is 46.2 Å². The summed E-state index contributed by atoms with van der Waals surface area (Å²) in [7, 11) is 0. The van der Waals surface area contributed by atoms with E-state index >= 15 is 0 Å². The topological polar surface area (TPSA) is 58.6 Å². The van der Waals surface area contributed by atoms with Crippen LogP contribution in [0.2, 0.25) is 5.02 Å². The van der Waals surface area contributed by atoms with Crippen LogP contribution in [-0.4, -0.2) is 35.9 Å². The molecule has 0 radical (unpaired) electrons. The van der Waals surface area contributed by atoms with Gasteiger partial charge in [0.05, 0.1) is 0 Å². The third-order valence-corrected chi connectivity index (χ3v) is 4.87. The van der Waals surface area contributed by atoms with E-state index < -0.39 is 6.04 Å². The van der Waals surface area contributed by atoms with Gasteiger partial charge in [0, 0.05) is 18.1 Å². The third-order valence-electron chi connectivity index (χ3n) is 4.61. The van der Waals surface area contributed by atoms with Gasteiger partial charge in [-0.15, -0.1) is 0 Å². The Morgan fingerprint density at radius 2 is 1.90 bits per heavy atom. The molecule has 1 atom stereocenters. The summed E-state index contributed by atoms with van der Waals surface area (Å²) in [6.07, 6.45) is 1.90. The summed E-state index contributed by atoms with van der Waals surface area (Å²) >= 11 is 5.96. The van der Waals surface area contributed by atoms with Crippen LogP contribution in [0.4, 0.5) is 0 Å². The Labute approximate surface area is 178 Å². The molecule has 0 fully saturated rings. The van der Waals surface area contributed by atoms with Gasteiger partial charge in [-0.2, -0.15) is 0 Å². The molecule has 2 aromatic carbocycles. The van der Waals surface area contributed by atoms with Crippen LogP contribution in [0.3, 0.4) is 0 Å². The zero-order chi connectivity index (χ0) is 21.2. The molecule has 0 aliphatic heterocycles. The highest BCUT2D eigenvalue weighted by atomic mass is 35.5. The number of rotatable bonds is 10. The maximum absolute atomic E-state index is 12.9. The van der Waals surface area contributed by atoms with E-state index in [2.05, 4.69) is 12.2 Å². The van der Waals surface area contributed by atoms with Crippen LogP contribution in [-0.2, 0) is 16.1 Å². The van der Waals surface area contributed by atoms with Gasteiger partial charge < -0.3 is 15.0 Å². The van der Waals surface area contributed by atoms with Gasteiger partial charge in [0.2, 0.25) is 5.91 Å². The molecule has 2 amide bonds. The second kappa shape index (κ2) is 11.5. The predicted octanol–water partition coefficient (Wildman–Crippen LogP) is 4.36. The number of hydrogen-bond acceptors (Lipinski definition) is 3. The first-order valence-electron chi connectivity index (χ1n) is 9.91. The van der Waals surface area contributed by atoms with Gasteiger partial charge in [-0.25, -0.2) is 0 Å². The Morgan fingerprint density at radius 1 is 1.17 bits per heavy atom. The molecule has 0 aliphatic carbocycles. The van der Waals surface area contributed by atoms with E-state index in [1.807, 2.05) is 43.3 Å². The first kappa shape index (κ1) is 22.8. The van der Waals surface area contributed by atoms with Crippen LogP contribution in [0.15, 0.2) is 48.5 Å². The third kappa shape index (κ3) is 7.42. The molecule has 156 valence electrons. The largest absolute Gasteiger partial charge is 0.484 e. The fourth-order valence-electron chi connectivity index (χ4n) is 2.84. The number of nitrogens with zero attached hydrogens (tertiary/aromatic N) is 1. The van der Waals surface area contributed by atoms with E-state index in [9.17, 15) is 9.59 Å². The zero-order valence-electron chi connectivity index (χ0n) is 17.3. The van der Waals surface area contributed by atoms with Crippen molar-refractivity contribution in [2.75, 3.05) is 13.2 Å². The molecule has 0 spiro atoms. The van der Waals surface area contributed by atoms with Crippen molar-refractivity contribution in [1.82, 2.24) is 10.2 Å². The van der Waals surface area contributed by atoms with E-state index in [0.717, 1.165) is 24.0 Å². The average Bonchev–Trinajstić information content (AvgIpc) is 2.71. The monoisotopic (exact) mass is 416 g/mol. The fourth-order valence-corrected chi connectivity index (χ4v) is 2.96. The highest BCUT2D eigenvalue weighted by Crippen LogP contribution is 2.16. The Kier molecular flexibility index (Phi) is 9.00. The molecule has 2 aromatic rings. The number of benzene rings is 2. The number of carbonyl (C=O) groups is 2. The number of carbonyl (C=O) groups excluding carboxylic acids is 2. The molecular weight excluding hydrogens is 388 g/mol. The summed E-state index contributed by atoms with van der Waals surface area (Å²) in [6, 6.07) is 14.2. The van der Waals surface area contributed by atoms with Gasteiger partial charge in [0.15, 0.2) is 6.61 Å². The normalized spacial score (nSPS) is 11.6. The maximum Gasteiger partial charge on any atom is 0.261 e. The number of aryl methyl sites for hydroxylation is 1. The molecule has 0 aromatic heterocycles. The molecule has 6 heteroatoms. The van der Waals surface area contributed by atoms with Crippen LogP contribution >= 0.6 is 11.6 Å². The van der Waals surface area contributed by atoms with E-state index in [1.165, 1.54) is 0 Å². The zero-order valence-corrected chi connectivity index (χ0v) is 18.0. The lowest BCUT2D eigenvalue weighted by Crippen LogP contribution is -2.49. The summed E-state index contributed by atoms with van der Waals surface area (Å²) in [6.45, 7) is 6.53. The number of ether oxygens (including phenoxy) is 1. The first-order chi connectivity index (χ1) is 13.9. The van der Waals surface area contributed by atoms with Gasteiger partial charge in [-0.1, -0.05) is 49.2 Å². The minimum absolute atomic E-state index is 0.135. The van der Waals surface area contributed by atoms with E-state index in [-0.39, 0.29) is 18.4 Å². The number of hydrogen-bond donors (Lipinski definition) is 1. The van der Waals surface area contributed by atoms with E-state index in [4.69, 9.17) is 16.3 Å². The second-order valence-corrected chi connectivity index (χ2v) is 7.51. The van der Waals surface area contributed by atoms with Gasteiger partial charge in [-0.3, -0.25) is 9.59 Å². The molecule has 0 aliphatic rings. The minimum Gasteiger partial charge on any atom is -0.484 e. The highest BCUT2D eigenvalue weighted by molar-refractivity contribution is 6.30. The molecular formula is C23H29ClN2O3. The SMILES string of the molecule is CCCCNC(=O)[C@@H](C)N(Cc1ccc(Cl)cc1)C(=O)COc1cccc(C)c1. The average molecular weight is 417 g/mol. The Morgan fingerprint density at radius 3 is 2.55 bits per heavy atom. The summed E-state index contributed by atoms with van der Waals surface area (Å²) in [4.78, 5) is 27.0. The van der Waals surface area contributed by atoms with E-state index in [0.29, 0.717) is 23.9 Å². The van der Waals surface area contributed by atoms with Crippen molar-refractivity contribution in [3.05, 3.63) is 64.7 Å². The summed E-state index contributed by atoms with van der Waals surface area (Å²) < 4.78 is 5.67.